The van der Waals surface area contributed by atoms with E-state index in [1.165, 1.54) is 16.7 Å². The zero-order chi connectivity index (χ0) is 12.8. The molecule has 1 atom stereocenters. The van der Waals surface area contributed by atoms with Gasteiger partial charge in [0, 0.05) is 12.6 Å². The molecule has 0 aromatic heterocycles. The number of rotatable bonds is 5. The lowest BCUT2D eigenvalue weighted by Crippen LogP contribution is -2.17. The standard InChI is InChI=1S/C16H20N2/c1-18-12-14-9-5-6-10-15(14)16(17)11-13-7-3-2-4-8-13/h2-10,16,18H,11-12,17H2,1H3. The van der Waals surface area contributed by atoms with Crippen molar-refractivity contribution >= 4 is 0 Å². The summed E-state index contributed by atoms with van der Waals surface area (Å²) in [5, 5.41) is 3.19. The highest BCUT2D eigenvalue weighted by Gasteiger charge is 2.10. The first kappa shape index (κ1) is 12.8. The molecular formula is C16H20N2. The van der Waals surface area contributed by atoms with Gasteiger partial charge in [0.25, 0.3) is 0 Å². The summed E-state index contributed by atoms with van der Waals surface area (Å²) in [5.41, 5.74) is 10.1. The van der Waals surface area contributed by atoms with Crippen molar-refractivity contribution in [1.82, 2.24) is 5.32 Å². The Morgan fingerprint density at radius 2 is 1.67 bits per heavy atom. The third-order valence-electron chi connectivity index (χ3n) is 3.12. The molecular weight excluding hydrogens is 220 g/mol. The predicted octanol–water partition coefficient (Wildman–Crippen LogP) is 2.65. The lowest BCUT2D eigenvalue weighted by molar-refractivity contribution is 0.698. The molecule has 0 bridgehead atoms. The summed E-state index contributed by atoms with van der Waals surface area (Å²) in [7, 11) is 1.96. The molecule has 94 valence electrons. The van der Waals surface area contributed by atoms with E-state index in [1.807, 2.05) is 13.1 Å². The SMILES string of the molecule is CNCc1ccccc1C(N)Cc1ccccc1. The van der Waals surface area contributed by atoms with Gasteiger partial charge in [-0.05, 0) is 30.2 Å². The summed E-state index contributed by atoms with van der Waals surface area (Å²) >= 11 is 0. The van der Waals surface area contributed by atoms with Gasteiger partial charge in [-0.1, -0.05) is 54.6 Å². The number of hydrogen-bond acceptors (Lipinski definition) is 2. The van der Waals surface area contributed by atoms with Crippen LogP contribution in [0.3, 0.4) is 0 Å². The van der Waals surface area contributed by atoms with Crippen LogP contribution in [0.2, 0.25) is 0 Å². The molecule has 0 saturated carbocycles. The van der Waals surface area contributed by atoms with Gasteiger partial charge in [0.15, 0.2) is 0 Å². The van der Waals surface area contributed by atoms with Crippen LogP contribution in [-0.4, -0.2) is 7.05 Å². The summed E-state index contributed by atoms with van der Waals surface area (Å²) in [4.78, 5) is 0. The van der Waals surface area contributed by atoms with Crippen LogP contribution in [-0.2, 0) is 13.0 Å². The average molecular weight is 240 g/mol. The highest BCUT2D eigenvalue weighted by atomic mass is 14.8. The largest absolute Gasteiger partial charge is 0.324 e. The first-order valence-corrected chi connectivity index (χ1v) is 6.33. The maximum absolute atomic E-state index is 6.33. The van der Waals surface area contributed by atoms with E-state index in [4.69, 9.17) is 5.73 Å². The molecule has 0 amide bonds. The molecule has 0 fully saturated rings. The lowest BCUT2D eigenvalue weighted by atomic mass is 9.95. The Balaban J connectivity index is 2.16. The molecule has 3 N–H and O–H groups in total. The van der Waals surface area contributed by atoms with Crippen LogP contribution >= 0.6 is 0 Å². The fourth-order valence-corrected chi connectivity index (χ4v) is 2.23. The van der Waals surface area contributed by atoms with E-state index in [1.54, 1.807) is 0 Å². The van der Waals surface area contributed by atoms with E-state index in [0.717, 1.165) is 13.0 Å². The van der Waals surface area contributed by atoms with Crippen LogP contribution in [0, 0.1) is 0 Å². The van der Waals surface area contributed by atoms with E-state index >= 15 is 0 Å². The fraction of sp³-hybridized carbons (Fsp3) is 0.250. The van der Waals surface area contributed by atoms with Crippen molar-refractivity contribution in [1.29, 1.82) is 0 Å². The van der Waals surface area contributed by atoms with Gasteiger partial charge in [0.05, 0.1) is 0 Å². The molecule has 0 spiro atoms. The maximum atomic E-state index is 6.33. The Hall–Kier alpha value is -1.64. The van der Waals surface area contributed by atoms with Gasteiger partial charge < -0.3 is 11.1 Å². The molecule has 2 aromatic rings. The van der Waals surface area contributed by atoms with Gasteiger partial charge in [-0.2, -0.15) is 0 Å². The monoisotopic (exact) mass is 240 g/mol. The maximum Gasteiger partial charge on any atom is 0.0338 e. The van der Waals surface area contributed by atoms with Crippen LogP contribution in [0.1, 0.15) is 22.7 Å². The van der Waals surface area contributed by atoms with Crippen molar-refractivity contribution in [2.24, 2.45) is 5.73 Å². The smallest absolute Gasteiger partial charge is 0.0338 e. The molecule has 0 heterocycles. The van der Waals surface area contributed by atoms with Crippen LogP contribution in [0.25, 0.3) is 0 Å². The van der Waals surface area contributed by atoms with Crippen molar-refractivity contribution in [3.8, 4) is 0 Å². The average Bonchev–Trinajstić information content (AvgIpc) is 2.41. The quantitative estimate of drug-likeness (QED) is 0.843. The van der Waals surface area contributed by atoms with Crippen molar-refractivity contribution in [3.05, 3.63) is 71.3 Å². The third kappa shape index (κ3) is 3.19. The lowest BCUT2D eigenvalue weighted by Gasteiger charge is -2.16. The normalized spacial score (nSPS) is 12.3. The highest BCUT2D eigenvalue weighted by molar-refractivity contribution is 5.31. The number of hydrogen-bond donors (Lipinski definition) is 2. The molecule has 0 aliphatic rings. The van der Waals surface area contributed by atoms with Crippen molar-refractivity contribution in [2.75, 3.05) is 7.05 Å². The van der Waals surface area contributed by atoms with Gasteiger partial charge in [-0.15, -0.1) is 0 Å². The Morgan fingerprint density at radius 3 is 2.39 bits per heavy atom. The summed E-state index contributed by atoms with van der Waals surface area (Å²) in [6.45, 7) is 0.860. The second-order valence-electron chi connectivity index (χ2n) is 4.53. The minimum atomic E-state index is 0.0527. The van der Waals surface area contributed by atoms with Crippen molar-refractivity contribution < 1.29 is 0 Å². The summed E-state index contributed by atoms with van der Waals surface area (Å²) < 4.78 is 0. The van der Waals surface area contributed by atoms with E-state index in [-0.39, 0.29) is 6.04 Å². The first-order valence-electron chi connectivity index (χ1n) is 6.33. The second kappa shape index (κ2) is 6.34. The summed E-state index contributed by atoms with van der Waals surface area (Å²) in [6.07, 6.45) is 0.877. The van der Waals surface area contributed by atoms with Crippen LogP contribution < -0.4 is 11.1 Å². The Labute approximate surface area is 109 Å². The Bertz CT molecular complexity index is 479. The third-order valence-corrected chi connectivity index (χ3v) is 3.12. The molecule has 0 radical (unpaired) electrons. The molecule has 2 nitrogen and oxygen atoms in total. The van der Waals surface area contributed by atoms with Gasteiger partial charge in [-0.25, -0.2) is 0 Å². The minimum Gasteiger partial charge on any atom is -0.324 e. The molecule has 2 heteroatoms. The van der Waals surface area contributed by atoms with E-state index in [2.05, 4.69) is 53.8 Å². The molecule has 2 rings (SSSR count). The minimum absolute atomic E-state index is 0.0527. The summed E-state index contributed by atoms with van der Waals surface area (Å²) in [6, 6.07) is 18.8. The number of benzene rings is 2. The summed E-state index contributed by atoms with van der Waals surface area (Å²) in [5.74, 6) is 0. The van der Waals surface area contributed by atoms with Crippen molar-refractivity contribution in [2.45, 2.75) is 19.0 Å². The number of nitrogens with two attached hydrogens (primary N) is 1. The van der Waals surface area contributed by atoms with E-state index in [0.29, 0.717) is 0 Å². The molecule has 0 saturated heterocycles. The molecule has 1 unspecified atom stereocenters. The molecule has 2 aromatic carbocycles. The molecule has 0 aliphatic heterocycles. The Kier molecular flexibility index (Phi) is 4.51. The molecule has 0 aliphatic carbocycles. The zero-order valence-electron chi connectivity index (χ0n) is 10.8. The highest BCUT2D eigenvalue weighted by Crippen LogP contribution is 2.19. The first-order chi connectivity index (χ1) is 8.81. The predicted molar refractivity (Wildman–Crippen MR) is 76.3 cm³/mol. The van der Waals surface area contributed by atoms with E-state index < -0.39 is 0 Å². The molecule has 18 heavy (non-hydrogen) atoms. The fourth-order valence-electron chi connectivity index (χ4n) is 2.23. The van der Waals surface area contributed by atoms with Gasteiger partial charge in [0.1, 0.15) is 0 Å². The Morgan fingerprint density at radius 1 is 1.00 bits per heavy atom. The topological polar surface area (TPSA) is 38.0 Å². The zero-order valence-corrected chi connectivity index (χ0v) is 10.8. The van der Waals surface area contributed by atoms with Gasteiger partial charge in [0.2, 0.25) is 0 Å². The second-order valence-corrected chi connectivity index (χ2v) is 4.53. The number of nitrogens with one attached hydrogen (secondary N) is 1. The van der Waals surface area contributed by atoms with Gasteiger partial charge in [-0.3, -0.25) is 0 Å². The van der Waals surface area contributed by atoms with E-state index in [9.17, 15) is 0 Å². The van der Waals surface area contributed by atoms with Crippen LogP contribution in [0.5, 0.6) is 0 Å². The van der Waals surface area contributed by atoms with Gasteiger partial charge >= 0.3 is 0 Å². The van der Waals surface area contributed by atoms with Crippen LogP contribution in [0.15, 0.2) is 54.6 Å². The van der Waals surface area contributed by atoms with Crippen LogP contribution in [0.4, 0.5) is 0 Å². The van der Waals surface area contributed by atoms with Crippen molar-refractivity contribution in [3.63, 3.8) is 0 Å².